The Balaban J connectivity index is 1.92. The first kappa shape index (κ1) is 20.2. The van der Waals surface area contributed by atoms with Gasteiger partial charge in [0.15, 0.2) is 11.3 Å². The number of nitrogens with zero attached hydrogens (tertiary/aromatic N) is 5. The maximum Gasteiger partial charge on any atom is 0.417 e. The lowest BCUT2D eigenvalue weighted by Gasteiger charge is -2.05. The summed E-state index contributed by atoms with van der Waals surface area (Å²) < 4.78 is 46.9. The normalized spacial score (nSPS) is 12.0. The molecule has 0 atom stereocenters. The van der Waals surface area contributed by atoms with Crippen molar-refractivity contribution >= 4 is 29.0 Å². The van der Waals surface area contributed by atoms with Gasteiger partial charge in [-0.2, -0.15) is 18.3 Å². The van der Waals surface area contributed by atoms with Crippen LogP contribution in [0.1, 0.15) is 29.9 Å². The van der Waals surface area contributed by atoms with Gasteiger partial charge in [-0.3, -0.25) is 0 Å². The molecule has 0 spiro atoms. The number of imidazole rings is 1. The summed E-state index contributed by atoms with van der Waals surface area (Å²) >= 11 is 1.42. The molecule has 0 saturated carbocycles. The van der Waals surface area contributed by atoms with E-state index in [1.165, 1.54) is 45.2 Å². The lowest BCUT2D eigenvalue weighted by molar-refractivity contribution is -0.137. The number of rotatable bonds is 5. The molecule has 30 heavy (non-hydrogen) atoms. The monoisotopic (exact) mass is 435 g/mol. The Hall–Kier alpha value is -3.08. The van der Waals surface area contributed by atoms with Crippen LogP contribution in [0.3, 0.4) is 0 Å². The predicted molar refractivity (Wildman–Crippen MR) is 105 cm³/mol. The summed E-state index contributed by atoms with van der Waals surface area (Å²) in [4.78, 5) is 21.1. The van der Waals surface area contributed by atoms with E-state index in [1.54, 1.807) is 6.92 Å². The SMILES string of the molecule is CCOC(=O)c1ccnc2c(-c3cn4cc(C(F)(F)F)ccc4n3)c(SCC)nn12. The fourth-order valence-electron chi connectivity index (χ4n) is 3.03. The third-order valence-electron chi connectivity index (χ3n) is 4.29. The van der Waals surface area contributed by atoms with Crippen LogP contribution in [0.2, 0.25) is 0 Å². The van der Waals surface area contributed by atoms with E-state index in [1.807, 2.05) is 6.92 Å². The maximum absolute atomic E-state index is 13.0. The van der Waals surface area contributed by atoms with Gasteiger partial charge in [-0.15, -0.1) is 11.8 Å². The van der Waals surface area contributed by atoms with Gasteiger partial charge in [-0.1, -0.05) is 6.92 Å². The highest BCUT2D eigenvalue weighted by atomic mass is 32.2. The molecular weight excluding hydrogens is 419 g/mol. The van der Waals surface area contributed by atoms with Gasteiger partial charge in [-0.05, 0) is 30.9 Å². The average molecular weight is 435 g/mol. The summed E-state index contributed by atoms with van der Waals surface area (Å²) in [5, 5.41) is 5.07. The molecule has 7 nitrogen and oxygen atoms in total. The Morgan fingerprint density at radius 2 is 2.00 bits per heavy atom. The van der Waals surface area contributed by atoms with Crippen molar-refractivity contribution in [3.8, 4) is 11.3 Å². The van der Waals surface area contributed by atoms with Crippen LogP contribution in [0.5, 0.6) is 0 Å². The Morgan fingerprint density at radius 1 is 1.20 bits per heavy atom. The van der Waals surface area contributed by atoms with Gasteiger partial charge in [-0.25, -0.2) is 19.3 Å². The number of aromatic nitrogens is 5. The number of halogens is 3. The van der Waals surface area contributed by atoms with Crippen molar-refractivity contribution in [3.63, 3.8) is 0 Å². The largest absolute Gasteiger partial charge is 0.461 e. The highest BCUT2D eigenvalue weighted by molar-refractivity contribution is 7.99. The minimum Gasteiger partial charge on any atom is -0.461 e. The van der Waals surface area contributed by atoms with Gasteiger partial charge >= 0.3 is 12.1 Å². The number of fused-ring (bicyclic) bond motifs is 2. The number of carbonyl (C=O) groups is 1. The molecule has 0 fully saturated rings. The van der Waals surface area contributed by atoms with E-state index in [0.717, 1.165) is 12.3 Å². The topological polar surface area (TPSA) is 73.8 Å². The number of carbonyl (C=O) groups excluding carboxylic acids is 1. The number of esters is 1. The molecule has 0 aliphatic heterocycles. The second kappa shape index (κ2) is 7.63. The minimum atomic E-state index is -4.46. The fraction of sp³-hybridized carbons (Fsp3) is 0.263. The van der Waals surface area contributed by atoms with Gasteiger partial charge in [0, 0.05) is 18.6 Å². The van der Waals surface area contributed by atoms with Crippen molar-refractivity contribution in [1.82, 2.24) is 24.0 Å². The zero-order chi connectivity index (χ0) is 21.5. The van der Waals surface area contributed by atoms with E-state index in [0.29, 0.717) is 33.3 Å². The van der Waals surface area contributed by atoms with E-state index in [-0.39, 0.29) is 12.3 Å². The van der Waals surface area contributed by atoms with Gasteiger partial charge in [0.25, 0.3) is 0 Å². The molecule has 0 amide bonds. The molecule has 0 aliphatic carbocycles. The average Bonchev–Trinajstić information content (AvgIpc) is 3.27. The van der Waals surface area contributed by atoms with Gasteiger partial charge in [0.05, 0.1) is 23.4 Å². The van der Waals surface area contributed by atoms with Crippen molar-refractivity contribution in [3.05, 3.63) is 48.0 Å². The van der Waals surface area contributed by atoms with Gasteiger partial charge < -0.3 is 9.14 Å². The van der Waals surface area contributed by atoms with Gasteiger partial charge in [0.2, 0.25) is 0 Å². The Labute approximate surface area is 172 Å². The summed E-state index contributed by atoms with van der Waals surface area (Å²) in [7, 11) is 0. The van der Waals surface area contributed by atoms with Gasteiger partial charge in [0.1, 0.15) is 10.7 Å². The summed E-state index contributed by atoms with van der Waals surface area (Å²) in [5.41, 5.74) is 1.11. The number of hydrogen-bond donors (Lipinski definition) is 0. The van der Waals surface area contributed by atoms with Crippen LogP contribution >= 0.6 is 11.8 Å². The van der Waals surface area contributed by atoms with Crippen LogP contribution < -0.4 is 0 Å². The molecule has 4 heterocycles. The Kier molecular flexibility index (Phi) is 5.14. The molecule has 0 saturated heterocycles. The molecule has 156 valence electrons. The van der Waals surface area contributed by atoms with Crippen molar-refractivity contribution in [2.45, 2.75) is 25.0 Å². The molecular formula is C19H16F3N5O2S. The first-order chi connectivity index (χ1) is 14.3. The quantitative estimate of drug-likeness (QED) is 0.343. The highest BCUT2D eigenvalue weighted by Crippen LogP contribution is 2.35. The zero-order valence-corrected chi connectivity index (χ0v) is 16.8. The first-order valence-electron chi connectivity index (χ1n) is 9.07. The molecule has 0 radical (unpaired) electrons. The lowest BCUT2D eigenvalue weighted by Crippen LogP contribution is -2.11. The minimum absolute atomic E-state index is 0.203. The molecule has 4 aromatic rings. The van der Waals surface area contributed by atoms with Crippen LogP contribution in [-0.2, 0) is 10.9 Å². The van der Waals surface area contributed by atoms with E-state index < -0.39 is 17.7 Å². The van der Waals surface area contributed by atoms with Crippen LogP contribution in [0.4, 0.5) is 13.2 Å². The smallest absolute Gasteiger partial charge is 0.417 e. The van der Waals surface area contributed by atoms with Crippen molar-refractivity contribution < 1.29 is 22.7 Å². The van der Waals surface area contributed by atoms with Crippen molar-refractivity contribution in [2.75, 3.05) is 12.4 Å². The molecule has 0 aliphatic rings. The van der Waals surface area contributed by atoms with E-state index in [2.05, 4.69) is 15.1 Å². The Bertz CT molecular complexity index is 1250. The van der Waals surface area contributed by atoms with Crippen molar-refractivity contribution in [2.24, 2.45) is 0 Å². The number of thioether (sulfide) groups is 1. The van der Waals surface area contributed by atoms with Crippen LogP contribution in [0.15, 0.2) is 41.8 Å². The Morgan fingerprint density at radius 3 is 2.70 bits per heavy atom. The summed E-state index contributed by atoms with van der Waals surface area (Å²) in [6.45, 7) is 3.85. The molecule has 0 aromatic carbocycles. The molecule has 0 bridgehead atoms. The number of ether oxygens (including phenoxy) is 1. The second-order valence-corrected chi connectivity index (χ2v) is 7.46. The van der Waals surface area contributed by atoms with E-state index >= 15 is 0 Å². The maximum atomic E-state index is 13.0. The van der Waals surface area contributed by atoms with Crippen LogP contribution in [0, 0.1) is 0 Å². The molecule has 4 aromatic heterocycles. The zero-order valence-electron chi connectivity index (χ0n) is 16.0. The van der Waals surface area contributed by atoms with Crippen molar-refractivity contribution in [1.29, 1.82) is 0 Å². The van der Waals surface area contributed by atoms with Crippen LogP contribution in [0.25, 0.3) is 22.6 Å². The third kappa shape index (κ3) is 3.49. The third-order valence-corrected chi connectivity index (χ3v) is 5.13. The highest BCUT2D eigenvalue weighted by Gasteiger charge is 2.31. The molecule has 11 heteroatoms. The predicted octanol–water partition coefficient (Wildman–Crippen LogP) is 4.35. The molecule has 0 N–H and O–H groups in total. The number of pyridine rings is 1. The van der Waals surface area contributed by atoms with Crippen LogP contribution in [-0.4, -0.2) is 42.3 Å². The standard InChI is InChI=1S/C19H16F3N5O2S/c1-3-29-18(28)13-7-8-23-16-15(17(30-4-2)25-27(13)16)12-10-26-9-11(19(20,21)22)5-6-14(26)24-12/h5-10H,3-4H2,1-2H3. The summed E-state index contributed by atoms with van der Waals surface area (Å²) in [5.74, 6) is 0.147. The van der Waals surface area contributed by atoms with E-state index in [9.17, 15) is 18.0 Å². The number of alkyl halides is 3. The summed E-state index contributed by atoms with van der Waals surface area (Å²) in [6, 6.07) is 3.80. The summed E-state index contributed by atoms with van der Waals surface area (Å²) in [6.07, 6.45) is -0.505. The van der Waals surface area contributed by atoms with E-state index in [4.69, 9.17) is 4.74 Å². The first-order valence-corrected chi connectivity index (χ1v) is 10.1. The molecule has 4 rings (SSSR count). The second-order valence-electron chi connectivity index (χ2n) is 6.21. The number of hydrogen-bond acceptors (Lipinski definition) is 6. The lowest BCUT2D eigenvalue weighted by atomic mass is 10.2. The molecule has 0 unspecified atom stereocenters. The fourth-order valence-corrected chi connectivity index (χ4v) is 3.78.